The summed E-state index contributed by atoms with van der Waals surface area (Å²) in [6.07, 6.45) is 7.79. The molecule has 142 valence electrons. The molecule has 26 heavy (non-hydrogen) atoms. The van der Waals surface area contributed by atoms with Gasteiger partial charge < -0.3 is 19.5 Å². The van der Waals surface area contributed by atoms with Crippen LogP contribution in [-0.4, -0.2) is 43.8 Å². The van der Waals surface area contributed by atoms with Gasteiger partial charge in [-0.2, -0.15) is 0 Å². The van der Waals surface area contributed by atoms with Crippen LogP contribution in [0.5, 0.6) is 5.75 Å². The first-order chi connectivity index (χ1) is 12.7. The van der Waals surface area contributed by atoms with E-state index in [-0.39, 0.29) is 24.7 Å². The summed E-state index contributed by atoms with van der Waals surface area (Å²) < 4.78 is 16.3. The van der Waals surface area contributed by atoms with E-state index in [1.54, 1.807) is 24.3 Å². The Kier molecular flexibility index (Phi) is 6.89. The number of rotatable bonds is 7. The molecule has 6 heteroatoms. The van der Waals surface area contributed by atoms with Crippen molar-refractivity contribution in [1.29, 1.82) is 0 Å². The van der Waals surface area contributed by atoms with E-state index in [0.717, 1.165) is 45.1 Å². The molecular formula is C20H27NO5. The predicted octanol–water partition coefficient (Wildman–Crippen LogP) is 2.85. The number of ether oxygens (including phenoxy) is 3. The molecule has 0 aromatic heterocycles. The molecule has 1 aromatic carbocycles. The van der Waals surface area contributed by atoms with Gasteiger partial charge in [0.2, 0.25) is 0 Å². The monoisotopic (exact) mass is 361 g/mol. The first-order valence-corrected chi connectivity index (χ1v) is 9.51. The summed E-state index contributed by atoms with van der Waals surface area (Å²) in [6, 6.07) is 6.97. The maximum absolute atomic E-state index is 12.1. The van der Waals surface area contributed by atoms with E-state index in [0.29, 0.717) is 17.9 Å². The summed E-state index contributed by atoms with van der Waals surface area (Å²) >= 11 is 0. The van der Waals surface area contributed by atoms with Crippen molar-refractivity contribution in [3.8, 4) is 5.75 Å². The lowest BCUT2D eigenvalue weighted by Crippen LogP contribution is -2.38. The zero-order chi connectivity index (χ0) is 18.2. The number of esters is 1. The van der Waals surface area contributed by atoms with Crippen LogP contribution < -0.4 is 10.1 Å². The molecule has 1 atom stereocenters. The lowest BCUT2D eigenvalue weighted by molar-refractivity contribution is -0.125. The Morgan fingerprint density at radius 2 is 1.81 bits per heavy atom. The SMILES string of the molecule is O=C(COC(=O)c1ccc(OC[C@@H]2CCCO2)cc1)NC1CCCCC1. The summed E-state index contributed by atoms with van der Waals surface area (Å²) in [7, 11) is 0. The molecule has 2 fully saturated rings. The van der Waals surface area contributed by atoms with Crippen LogP contribution in [0.15, 0.2) is 24.3 Å². The van der Waals surface area contributed by atoms with Gasteiger partial charge in [0.25, 0.3) is 5.91 Å². The van der Waals surface area contributed by atoms with Gasteiger partial charge in [-0.3, -0.25) is 4.79 Å². The Balaban J connectivity index is 1.38. The van der Waals surface area contributed by atoms with Gasteiger partial charge in [-0.1, -0.05) is 19.3 Å². The van der Waals surface area contributed by atoms with Crippen LogP contribution in [0.25, 0.3) is 0 Å². The standard InChI is InChI=1S/C20H27NO5/c22-19(21-16-5-2-1-3-6-16)14-26-20(23)15-8-10-17(11-9-15)25-13-18-7-4-12-24-18/h8-11,16,18H,1-7,12-14H2,(H,21,22)/t18-/m0/s1. The number of nitrogens with one attached hydrogen (secondary N) is 1. The molecule has 0 bridgehead atoms. The molecule has 1 saturated heterocycles. The predicted molar refractivity (Wildman–Crippen MR) is 96.2 cm³/mol. The Hall–Kier alpha value is -2.08. The smallest absolute Gasteiger partial charge is 0.338 e. The van der Waals surface area contributed by atoms with E-state index in [1.807, 2.05) is 0 Å². The van der Waals surface area contributed by atoms with Crippen LogP contribution in [0.1, 0.15) is 55.3 Å². The van der Waals surface area contributed by atoms with Gasteiger partial charge in [0.05, 0.1) is 11.7 Å². The maximum atomic E-state index is 12.1. The van der Waals surface area contributed by atoms with Crippen LogP contribution >= 0.6 is 0 Å². The molecule has 3 rings (SSSR count). The summed E-state index contributed by atoms with van der Waals surface area (Å²) in [6.45, 7) is 1.07. The molecule has 1 amide bonds. The number of hydrogen-bond donors (Lipinski definition) is 1. The summed E-state index contributed by atoms with van der Waals surface area (Å²) in [5, 5.41) is 2.93. The number of carbonyl (C=O) groups is 2. The zero-order valence-corrected chi connectivity index (χ0v) is 15.1. The van der Waals surface area contributed by atoms with Crippen molar-refractivity contribution in [2.75, 3.05) is 19.8 Å². The quantitative estimate of drug-likeness (QED) is 0.756. The van der Waals surface area contributed by atoms with Gasteiger partial charge >= 0.3 is 5.97 Å². The van der Waals surface area contributed by atoms with Crippen molar-refractivity contribution < 1.29 is 23.8 Å². The number of hydrogen-bond acceptors (Lipinski definition) is 5. The van der Waals surface area contributed by atoms with Gasteiger partial charge in [-0.25, -0.2) is 4.79 Å². The lowest BCUT2D eigenvalue weighted by atomic mass is 9.95. The number of carbonyl (C=O) groups excluding carboxylic acids is 2. The van der Waals surface area contributed by atoms with Crippen molar-refractivity contribution in [3.05, 3.63) is 29.8 Å². The fourth-order valence-electron chi connectivity index (χ4n) is 3.38. The molecule has 6 nitrogen and oxygen atoms in total. The highest BCUT2D eigenvalue weighted by molar-refractivity contribution is 5.91. The maximum Gasteiger partial charge on any atom is 0.338 e. The normalized spacial score (nSPS) is 20.5. The van der Waals surface area contributed by atoms with E-state index in [1.165, 1.54) is 6.42 Å². The van der Waals surface area contributed by atoms with E-state index in [2.05, 4.69) is 5.32 Å². The van der Waals surface area contributed by atoms with Crippen LogP contribution in [0.3, 0.4) is 0 Å². The molecule has 1 N–H and O–H groups in total. The molecule has 1 heterocycles. The molecule has 1 aromatic rings. The second-order valence-electron chi connectivity index (χ2n) is 6.95. The first kappa shape index (κ1) is 18.7. The van der Waals surface area contributed by atoms with Gasteiger partial charge in [-0.15, -0.1) is 0 Å². The summed E-state index contributed by atoms with van der Waals surface area (Å²) in [5.41, 5.74) is 0.403. The highest BCUT2D eigenvalue weighted by Gasteiger charge is 2.18. The summed E-state index contributed by atoms with van der Waals surface area (Å²) in [5.74, 6) is -0.0525. The van der Waals surface area contributed by atoms with Crippen LogP contribution in [0.2, 0.25) is 0 Å². The van der Waals surface area contributed by atoms with Crippen molar-refractivity contribution in [3.63, 3.8) is 0 Å². The second kappa shape index (κ2) is 9.57. The topological polar surface area (TPSA) is 73.9 Å². The molecule has 1 aliphatic heterocycles. The Bertz CT molecular complexity index is 589. The Morgan fingerprint density at radius 1 is 1.04 bits per heavy atom. The number of benzene rings is 1. The fraction of sp³-hybridized carbons (Fsp3) is 0.600. The Morgan fingerprint density at radius 3 is 2.50 bits per heavy atom. The number of amides is 1. The van der Waals surface area contributed by atoms with Crippen LogP contribution in [0.4, 0.5) is 0 Å². The molecule has 2 aliphatic rings. The fourth-order valence-corrected chi connectivity index (χ4v) is 3.38. The molecular weight excluding hydrogens is 334 g/mol. The van der Waals surface area contributed by atoms with Gasteiger partial charge in [-0.05, 0) is 49.9 Å². The second-order valence-corrected chi connectivity index (χ2v) is 6.95. The average molecular weight is 361 g/mol. The van der Waals surface area contributed by atoms with E-state index in [4.69, 9.17) is 14.2 Å². The third kappa shape index (κ3) is 5.73. The van der Waals surface area contributed by atoms with Crippen molar-refractivity contribution in [1.82, 2.24) is 5.32 Å². The largest absolute Gasteiger partial charge is 0.491 e. The van der Waals surface area contributed by atoms with Gasteiger partial charge in [0, 0.05) is 12.6 Å². The highest BCUT2D eigenvalue weighted by atomic mass is 16.5. The van der Waals surface area contributed by atoms with Crippen LogP contribution in [-0.2, 0) is 14.3 Å². The van der Waals surface area contributed by atoms with Crippen LogP contribution in [0, 0.1) is 0 Å². The lowest BCUT2D eigenvalue weighted by Gasteiger charge is -2.22. The van der Waals surface area contributed by atoms with Gasteiger partial charge in [0.15, 0.2) is 6.61 Å². The minimum Gasteiger partial charge on any atom is -0.491 e. The molecule has 0 radical (unpaired) electrons. The molecule has 0 unspecified atom stereocenters. The first-order valence-electron chi connectivity index (χ1n) is 9.51. The van der Waals surface area contributed by atoms with E-state index >= 15 is 0 Å². The van der Waals surface area contributed by atoms with E-state index < -0.39 is 5.97 Å². The van der Waals surface area contributed by atoms with Crippen molar-refractivity contribution in [2.45, 2.75) is 57.1 Å². The molecule has 1 saturated carbocycles. The average Bonchev–Trinajstić information content (AvgIpc) is 3.19. The third-order valence-corrected chi connectivity index (χ3v) is 4.85. The zero-order valence-electron chi connectivity index (χ0n) is 15.1. The van der Waals surface area contributed by atoms with Gasteiger partial charge in [0.1, 0.15) is 12.4 Å². The molecule has 0 spiro atoms. The highest BCUT2D eigenvalue weighted by Crippen LogP contribution is 2.18. The minimum absolute atomic E-state index is 0.155. The molecule has 1 aliphatic carbocycles. The van der Waals surface area contributed by atoms with E-state index in [9.17, 15) is 9.59 Å². The summed E-state index contributed by atoms with van der Waals surface area (Å²) in [4.78, 5) is 23.9. The van der Waals surface area contributed by atoms with Crippen molar-refractivity contribution >= 4 is 11.9 Å². The Labute approximate surface area is 154 Å². The third-order valence-electron chi connectivity index (χ3n) is 4.85. The van der Waals surface area contributed by atoms with Crippen molar-refractivity contribution in [2.24, 2.45) is 0 Å². The minimum atomic E-state index is -0.505.